The highest BCUT2D eigenvalue weighted by Crippen LogP contribution is 2.18. The fraction of sp³-hybridized carbons (Fsp3) is 0.250. The molecule has 0 radical (unpaired) electrons. The van der Waals surface area contributed by atoms with Gasteiger partial charge in [0.05, 0.1) is 0 Å². The largest absolute Gasteiger partial charge is 0.371 e. The zero-order valence-electron chi connectivity index (χ0n) is 4.44. The maximum Gasteiger partial charge on any atom is 0.359 e. The molecule has 1 aliphatic rings. The lowest BCUT2D eigenvalue weighted by atomic mass is 10.4. The molecule has 0 saturated heterocycles. The second-order valence-electron chi connectivity index (χ2n) is 1.38. The Kier molecular flexibility index (Phi) is 2.10. The molecule has 0 bridgehead atoms. The van der Waals surface area contributed by atoms with Gasteiger partial charge in [-0.25, -0.2) is 4.79 Å². The number of hydrogen-bond acceptors (Lipinski definition) is 5. The van der Waals surface area contributed by atoms with E-state index in [1.165, 1.54) is 0 Å². The van der Waals surface area contributed by atoms with Gasteiger partial charge in [0.25, 0.3) is 0 Å². The molecule has 4 nitrogen and oxygen atoms in total. The van der Waals surface area contributed by atoms with E-state index < -0.39 is 12.1 Å². The first-order valence-corrected chi connectivity index (χ1v) is 3.04. The van der Waals surface area contributed by atoms with Crippen molar-refractivity contribution < 1.29 is 13.8 Å². The number of carbonyl (C=O) groups excluding carboxylic acids is 1. The van der Waals surface area contributed by atoms with Gasteiger partial charge < -0.3 is 4.84 Å². The van der Waals surface area contributed by atoms with Gasteiger partial charge >= 0.3 is 5.97 Å². The van der Waals surface area contributed by atoms with Crippen molar-refractivity contribution in [1.82, 2.24) is 0 Å². The fourth-order valence-corrected chi connectivity index (χ4v) is 0.946. The molecule has 0 aromatic heterocycles. The molecule has 0 aromatic carbocycles. The van der Waals surface area contributed by atoms with Crippen molar-refractivity contribution in [1.29, 1.82) is 0 Å². The number of nitrogens with two attached hydrogens (primary N) is 1. The van der Waals surface area contributed by atoms with Crippen LogP contribution in [0.4, 0.5) is 0 Å². The molecule has 1 atom stereocenters. The Morgan fingerprint density at radius 3 is 3.11 bits per heavy atom. The Balaban J connectivity index is 2.43. The highest BCUT2D eigenvalue weighted by molar-refractivity contribution is 7.97. The molecule has 5 heteroatoms. The molecule has 2 N–H and O–H groups in total. The third-order valence-electron chi connectivity index (χ3n) is 0.817. The van der Waals surface area contributed by atoms with Crippen LogP contribution in [0.2, 0.25) is 0 Å². The van der Waals surface area contributed by atoms with Crippen LogP contribution in [0, 0.1) is 0 Å². The Hall–Kier alpha value is -0.520. The summed E-state index contributed by atoms with van der Waals surface area (Å²) in [6, 6.07) is 0. The number of rotatable bonds is 1. The van der Waals surface area contributed by atoms with E-state index in [1.807, 2.05) is 0 Å². The van der Waals surface area contributed by atoms with Gasteiger partial charge in [-0.1, -0.05) is 0 Å². The average molecular weight is 147 g/mol. The van der Waals surface area contributed by atoms with Crippen LogP contribution in [-0.4, -0.2) is 12.1 Å². The van der Waals surface area contributed by atoms with E-state index in [0.717, 1.165) is 12.0 Å². The lowest BCUT2D eigenvalue weighted by molar-refractivity contribution is -0.149. The molecular formula is C4H5NO3S. The quantitative estimate of drug-likeness (QED) is 0.416. The van der Waals surface area contributed by atoms with Crippen LogP contribution in [0.15, 0.2) is 11.5 Å². The zero-order valence-corrected chi connectivity index (χ0v) is 5.26. The van der Waals surface area contributed by atoms with Crippen LogP contribution in [-0.2, 0) is 13.8 Å². The minimum absolute atomic E-state index is 0.573. The van der Waals surface area contributed by atoms with Crippen LogP contribution in [0.25, 0.3) is 0 Å². The maximum atomic E-state index is 10.5. The van der Waals surface area contributed by atoms with Crippen LogP contribution in [0.3, 0.4) is 0 Å². The first kappa shape index (κ1) is 6.60. The molecule has 1 rings (SSSR count). The molecule has 1 aliphatic heterocycles. The summed E-state index contributed by atoms with van der Waals surface area (Å²) in [5, 5.41) is 1.65. The maximum absolute atomic E-state index is 10.5. The SMILES string of the molecule is NOC(=O)C1C=CSO1. The van der Waals surface area contributed by atoms with E-state index in [-0.39, 0.29) is 0 Å². The Bertz CT molecular complexity index is 147. The second kappa shape index (κ2) is 2.86. The molecule has 0 aliphatic carbocycles. The van der Waals surface area contributed by atoms with E-state index in [9.17, 15) is 4.79 Å². The van der Waals surface area contributed by atoms with Gasteiger partial charge in [0.15, 0.2) is 6.10 Å². The number of hydrogen-bond donors (Lipinski definition) is 1. The third-order valence-corrected chi connectivity index (χ3v) is 1.40. The molecular weight excluding hydrogens is 142 g/mol. The lowest BCUT2D eigenvalue weighted by Crippen LogP contribution is -2.23. The highest BCUT2D eigenvalue weighted by Gasteiger charge is 2.20. The van der Waals surface area contributed by atoms with Crippen LogP contribution < -0.4 is 5.90 Å². The molecule has 0 amide bonds. The summed E-state index contributed by atoms with van der Waals surface area (Å²) in [6.45, 7) is 0. The van der Waals surface area contributed by atoms with E-state index in [0.29, 0.717) is 0 Å². The smallest absolute Gasteiger partial charge is 0.359 e. The summed E-state index contributed by atoms with van der Waals surface area (Å²) < 4.78 is 4.76. The summed E-state index contributed by atoms with van der Waals surface area (Å²) in [5.41, 5.74) is 0. The summed E-state index contributed by atoms with van der Waals surface area (Å²) in [7, 11) is 0. The second-order valence-corrected chi connectivity index (χ2v) is 2.04. The predicted molar refractivity (Wildman–Crippen MR) is 31.9 cm³/mol. The summed E-state index contributed by atoms with van der Waals surface area (Å²) in [5.74, 6) is 4.01. The average Bonchev–Trinajstić information content (AvgIpc) is 2.37. The minimum atomic E-state index is -0.625. The molecule has 0 saturated carbocycles. The Morgan fingerprint density at radius 1 is 1.89 bits per heavy atom. The highest BCUT2D eigenvalue weighted by atomic mass is 32.2. The molecule has 1 unspecified atom stereocenters. The van der Waals surface area contributed by atoms with Crippen LogP contribution >= 0.6 is 12.0 Å². The van der Waals surface area contributed by atoms with Crippen LogP contribution in [0.5, 0.6) is 0 Å². The van der Waals surface area contributed by atoms with Crippen molar-refractivity contribution in [3.63, 3.8) is 0 Å². The van der Waals surface area contributed by atoms with E-state index in [1.54, 1.807) is 11.5 Å². The van der Waals surface area contributed by atoms with Crippen molar-refractivity contribution in [2.75, 3.05) is 0 Å². The molecule has 1 heterocycles. The van der Waals surface area contributed by atoms with Crippen molar-refractivity contribution in [3.8, 4) is 0 Å². The Labute approximate surface area is 56.2 Å². The monoisotopic (exact) mass is 147 g/mol. The van der Waals surface area contributed by atoms with Crippen molar-refractivity contribution in [2.45, 2.75) is 6.10 Å². The molecule has 9 heavy (non-hydrogen) atoms. The Morgan fingerprint density at radius 2 is 2.67 bits per heavy atom. The summed E-state index contributed by atoms with van der Waals surface area (Å²) in [4.78, 5) is 14.4. The topological polar surface area (TPSA) is 61.5 Å². The fourth-order valence-electron chi connectivity index (χ4n) is 0.412. The molecule has 0 spiro atoms. The van der Waals surface area contributed by atoms with E-state index in [4.69, 9.17) is 4.18 Å². The predicted octanol–water partition coefficient (Wildman–Crippen LogP) is -0.0360. The summed E-state index contributed by atoms with van der Waals surface area (Å²) >= 11 is 1.09. The standard InChI is InChI=1S/C4H5NO3S/c5-7-4(6)3-1-2-9-8-3/h1-3H,5H2. The van der Waals surface area contributed by atoms with Crippen molar-refractivity contribution in [2.24, 2.45) is 5.90 Å². The first-order valence-electron chi connectivity index (χ1n) is 2.24. The van der Waals surface area contributed by atoms with E-state index in [2.05, 4.69) is 10.7 Å². The number of carbonyl (C=O) groups is 1. The minimum Gasteiger partial charge on any atom is -0.371 e. The van der Waals surface area contributed by atoms with Crippen molar-refractivity contribution >= 4 is 18.0 Å². The lowest BCUT2D eigenvalue weighted by Gasteiger charge is -2.00. The molecule has 0 aromatic rings. The van der Waals surface area contributed by atoms with Gasteiger partial charge in [-0.3, -0.25) is 4.18 Å². The summed E-state index contributed by atoms with van der Waals surface area (Å²) in [6.07, 6.45) is 0.944. The van der Waals surface area contributed by atoms with Gasteiger partial charge in [0, 0.05) is 12.0 Å². The van der Waals surface area contributed by atoms with Gasteiger partial charge in [-0.2, -0.15) is 5.90 Å². The van der Waals surface area contributed by atoms with Gasteiger partial charge in [0.1, 0.15) is 0 Å². The van der Waals surface area contributed by atoms with Gasteiger partial charge in [-0.05, 0) is 11.5 Å². The van der Waals surface area contributed by atoms with Crippen LogP contribution in [0.1, 0.15) is 0 Å². The normalized spacial score (nSPS) is 24.3. The molecule has 50 valence electrons. The zero-order chi connectivity index (χ0) is 6.69. The van der Waals surface area contributed by atoms with E-state index >= 15 is 0 Å². The van der Waals surface area contributed by atoms with Crippen molar-refractivity contribution in [3.05, 3.63) is 11.5 Å². The first-order chi connectivity index (χ1) is 4.34. The van der Waals surface area contributed by atoms with Gasteiger partial charge in [-0.15, -0.1) is 0 Å². The van der Waals surface area contributed by atoms with Gasteiger partial charge in [0.2, 0.25) is 0 Å². The third kappa shape index (κ3) is 1.44. The molecule has 0 fully saturated rings.